The highest BCUT2D eigenvalue weighted by Crippen LogP contribution is 2.26. The zero-order chi connectivity index (χ0) is 10.6. The molecule has 0 spiro atoms. The lowest BCUT2D eigenvalue weighted by Gasteiger charge is -2.06. The van der Waals surface area contributed by atoms with E-state index in [1.165, 1.54) is 6.42 Å². The first-order valence-electron chi connectivity index (χ1n) is 4.63. The molecule has 0 atom stereocenters. The van der Waals surface area contributed by atoms with Crippen molar-refractivity contribution in [1.29, 1.82) is 0 Å². The molecule has 0 saturated heterocycles. The van der Waals surface area contributed by atoms with Gasteiger partial charge in [0.2, 0.25) is 0 Å². The van der Waals surface area contributed by atoms with Crippen LogP contribution < -0.4 is 5.73 Å². The van der Waals surface area contributed by atoms with Crippen LogP contribution in [0.1, 0.15) is 20.3 Å². The standard InChI is InChI=1S/C10H15BrN2S/c1-7(2)3-4-14-10-9(12)5-8(11)6-13-10/h5-7H,3-4,12H2,1-2H3. The molecular weight excluding hydrogens is 260 g/mol. The molecule has 0 unspecified atom stereocenters. The molecule has 0 amide bonds. The Bertz CT molecular complexity index is 302. The van der Waals surface area contributed by atoms with Crippen molar-refractivity contribution in [2.45, 2.75) is 25.3 Å². The second-order valence-corrected chi connectivity index (χ2v) is 5.58. The predicted octanol–water partition coefficient (Wildman–Crippen LogP) is 3.56. The van der Waals surface area contributed by atoms with Crippen molar-refractivity contribution in [3.05, 3.63) is 16.7 Å². The van der Waals surface area contributed by atoms with Crippen molar-refractivity contribution in [2.75, 3.05) is 11.5 Å². The monoisotopic (exact) mass is 274 g/mol. The molecule has 0 saturated carbocycles. The molecule has 4 heteroatoms. The third-order valence-corrected chi connectivity index (χ3v) is 3.27. The average molecular weight is 275 g/mol. The summed E-state index contributed by atoms with van der Waals surface area (Å²) in [6, 6.07) is 1.89. The molecule has 1 aromatic rings. The molecule has 14 heavy (non-hydrogen) atoms. The molecule has 0 bridgehead atoms. The van der Waals surface area contributed by atoms with Gasteiger partial charge in [0.25, 0.3) is 0 Å². The molecule has 0 aliphatic carbocycles. The summed E-state index contributed by atoms with van der Waals surface area (Å²) in [5.41, 5.74) is 6.58. The van der Waals surface area contributed by atoms with Crippen LogP contribution in [0.15, 0.2) is 21.8 Å². The summed E-state index contributed by atoms with van der Waals surface area (Å²) >= 11 is 5.06. The van der Waals surface area contributed by atoms with Crippen LogP contribution in [-0.2, 0) is 0 Å². The minimum atomic E-state index is 0.735. The number of nitrogen functional groups attached to an aromatic ring is 1. The Labute approximate surface area is 97.8 Å². The summed E-state index contributed by atoms with van der Waals surface area (Å²) in [4.78, 5) is 4.27. The van der Waals surface area contributed by atoms with Gasteiger partial charge in [-0.05, 0) is 40.1 Å². The molecule has 1 aromatic heterocycles. The number of hydrogen-bond donors (Lipinski definition) is 1. The third kappa shape index (κ3) is 3.88. The van der Waals surface area contributed by atoms with Crippen LogP contribution in [-0.4, -0.2) is 10.7 Å². The fourth-order valence-electron chi connectivity index (χ4n) is 0.954. The maximum absolute atomic E-state index is 5.82. The van der Waals surface area contributed by atoms with Gasteiger partial charge in [0.05, 0.1) is 5.69 Å². The van der Waals surface area contributed by atoms with Crippen LogP contribution in [0.5, 0.6) is 0 Å². The Morgan fingerprint density at radius 1 is 1.57 bits per heavy atom. The highest BCUT2D eigenvalue weighted by molar-refractivity contribution is 9.10. The number of nitrogens with zero attached hydrogens (tertiary/aromatic N) is 1. The Morgan fingerprint density at radius 2 is 2.29 bits per heavy atom. The van der Waals surface area contributed by atoms with Gasteiger partial charge < -0.3 is 5.73 Å². The smallest absolute Gasteiger partial charge is 0.119 e. The van der Waals surface area contributed by atoms with Crippen LogP contribution in [0.3, 0.4) is 0 Å². The number of aromatic nitrogens is 1. The summed E-state index contributed by atoms with van der Waals surface area (Å²) in [6.07, 6.45) is 2.98. The zero-order valence-electron chi connectivity index (χ0n) is 8.46. The van der Waals surface area contributed by atoms with Gasteiger partial charge in [-0.2, -0.15) is 0 Å². The van der Waals surface area contributed by atoms with Gasteiger partial charge in [-0.3, -0.25) is 0 Å². The molecule has 0 radical (unpaired) electrons. The van der Waals surface area contributed by atoms with Crippen molar-refractivity contribution in [3.63, 3.8) is 0 Å². The zero-order valence-corrected chi connectivity index (χ0v) is 10.9. The van der Waals surface area contributed by atoms with Crippen LogP contribution >= 0.6 is 27.7 Å². The second-order valence-electron chi connectivity index (χ2n) is 3.58. The van der Waals surface area contributed by atoms with Gasteiger partial charge in [0.15, 0.2) is 0 Å². The first-order chi connectivity index (χ1) is 6.59. The van der Waals surface area contributed by atoms with E-state index in [1.54, 1.807) is 18.0 Å². The normalized spacial score (nSPS) is 10.9. The number of rotatable bonds is 4. The Balaban J connectivity index is 2.51. The van der Waals surface area contributed by atoms with E-state index in [4.69, 9.17) is 5.73 Å². The Kier molecular flexibility index (Phi) is 4.75. The fraction of sp³-hybridized carbons (Fsp3) is 0.500. The predicted molar refractivity (Wildman–Crippen MR) is 66.5 cm³/mol. The van der Waals surface area contributed by atoms with E-state index in [1.807, 2.05) is 6.07 Å². The lowest BCUT2D eigenvalue weighted by atomic mass is 10.2. The van der Waals surface area contributed by atoms with Gasteiger partial charge in [-0.1, -0.05) is 13.8 Å². The molecule has 0 aliphatic heterocycles. The Hall–Kier alpha value is -0.220. The number of pyridine rings is 1. The summed E-state index contributed by atoms with van der Waals surface area (Å²) in [5, 5.41) is 0.939. The van der Waals surface area contributed by atoms with Crippen LogP contribution in [0, 0.1) is 5.92 Å². The van der Waals surface area contributed by atoms with E-state index in [2.05, 4.69) is 34.8 Å². The van der Waals surface area contributed by atoms with E-state index >= 15 is 0 Å². The number of hydrogen-bond acceptors (Lipinski definition) is 3. The summed E-state index contributed by atoms with van der Waals surface area (Å²) < 4.78 is 0.934. The van der Waals surface area contributed by atoms with E-state index in [9.17, 15) is 0 Å². The number of anilines is 1. The SMILES string of the molecule is CC(C)CCSc1ncc(Br)cc1N. The van der Waals surface area contributed by atoms with E-state index in [0.29, 0.717) is 0 Å². The number of nitrogens with two attached hydrogens (primary N) is 1. The van der Waals surface area contributed by atoms with Crippen molar-refractivity contribution in [1.82, 2.24) is 4.98 Å². The van der Waals surface area contributed by atoms with Crippen LogP contribution in [0.25, 0.3) is 0 Å². The summed E-state index contributed by atoms with van der Waals surface area (Å²) in [6.45, 7) is 4.44. The van der Waals surface area contributed by atoms with E-state index in [0.717, 1.165) is 26.9 Å². The highest BCUT2D eigenvalue weighted by Gasteiger charge is 2.02. The van der Waals surface area contributed by atoms with Crippen molar-refractivity contribution >= 4 is 33.4 Å². The largest absolute Gasteiger partial charge is 0.397 e. The van der Waals surface area contributed by atoms with Gasteiger partial charge in [0, 0.05) is 10.7 Å². The van der Waals surface area contributed by atoms with Gasteiger partial charge in [-0.25, -0.2) is 4.98 Å². The molecular formula is C10H15BrN2S. The second kappa shape index (κ2) is 5.61. The quantitative estimate of drug-likeness (QED) is 0.854. The summed E-state index contributed by atoms with van der Waals surface area (Å²) in [7, 11) is 0. The number of halogens is 1. The maximum Gasteiger partial charge on any atom is 0.119 e. The van der Waals surface area contributed by atoms with Crippen molar-refractivity contribution in [3.8, 4) is 0 Å². The van der Waals surface area contributed by atoms with E-state index in [-0.39, 0.29) is 0 Å². The van der Waals surface area contributed by atoms with Crippen LogP contribution in [0.4, 0.5) is 5.69 Å². The lowest BCUT2D eigenvalue weighted by Crippen LogP contribution is -1.94. The van der Waals surface area contributed by atoms with Crippen LogP contribution in [0.2, 0.25) is 0 Å². The molecule has 0 fully saturated rings. The average Bonchev–Trinajstić information content (AvgIpc) is 2.08. The first kappa shape index (κ1) is 11.9. The van der Waals surface area contributed by atoms with Gasteiger partial charge in [-0.15, -0.1) is 11.8 Å². The summed E-state index contributed by atoms with van der Waals surface area (Å²) in [5.74, 6) is 1.82. The molecule has 2 N–H and O–H groups in total. The maximum atomic E-state index is 5.82. The minimum absolute atomic E-state index is 0.735. The van der Waals surface area contributed by atoms with Gasteiger partial charge >= 0.3 is 0 Å². The van der Waals surface area contributed by atoms with Gasteiger partial charge in [0.1, 0.15) is 5.03 Å². The molecule has 1 heterocycles. The Morgan fingerprint density at radius 3 is 2.86 bits per heavy atom. The first-order valence-corrected chi connectivity index (χ1v) is 6.41. The lowest BCUT2D eigenvalue weighted by molar-refractivity contribution is 0.632. The topological polar surface area (TPSA) is 38.9 Å². The van der Waals surface area contributed by atoms with Crippen molar-refractivity contribution < 1.29 is 0 Å². The molecule has 0 aliphatic rings. The van der Waals surface area contributed by atoms with E-state index < -0.39 is 0 Å². The van der Waals surface area contributed by atoms with Crippen molar-refractivity contribution in [2.24, 2.45) is 5.92 Å². The third-order valence-electron chi connectivity index (χ3n) is 1.78. The fourth-order valence-corrected chi connectivity index (χ4v) is 2.44. The molecule has 78 valence electrons. The molecule has 2 nitrogen and oxygen atoms in total. The highest BCUT2D eigenvalue weighted by atomic mass is 79.9. The number of thioether (sulfide) groups is 1. The molecule has 1 rings (SSSR count). The minimum Gasteiger partial charge on any atom is -0.397 e. The molecule has 0 aromatic carbocycles.